The quantitative estimate of drug-likeness (QED) is 0.725. The van der Waals surface area contributed by atoms with E-state index in [1.54, 1.807) is 6.92 Å². The Morgan fingerprint density at radius 2 is 1.88 bits per heavy atom. The van der Waals surface area contributed by atoms with E-state index in [4.69, 9.17) is 0 Å². The van der Waals surface area contributed by atoms with E-state index in [0.29, 0.717) is 16.4 Å². The van der Waals surface area contributed by atoms with Gasteiger partial charge in [0.2, 0.25) is 0 Å². The molecule has 1 N–H and O–H groups in total. The number of carbonyl (C=O) groups excluding carboxylic acids is 1. The van der Waals surface area contributed by atoms with E-state index in [1.807, 2.05) is 13.8 Å². The zero-order valence-electron chi connectivity index (χ0n) is 14.0. The molecule has 26 heavy (non-hydrogen) atoms. The zero-order valence-corrected chi connectivity index (χ0v) is 14.8. The minimum Gasteiger partial charge on any atom is -0.395 e. The highest BCUT2D eigenvalue weighted by Gasteiger charge is 2.43. The van der Waals surface area contributed by atoms with Crippen LogP contribution in [0.3, 0.4) is 0 Å². The van der Waals surface area contributed by atoms with Gasteiger partial charge in [-0.2, -0.15) is 0 Å². The Labute approximate surface area is 150 Å². The maximum Gasteiger partial charge on any atom is 0.586 e. The number of alkyl halides is 2. The molecule has 9 heteroatoms. The van der Waals surface area contributed by atoms with Crippen molar-refractivity contribution in [3.8, 4) is 11.5 Å². The average Bonchev–Trinajstić information content (AvgIpc) is 3.02. The molecule has 0 atom stereocenters. The third-order valence-electron chi connectivity index (χ3n) is 3.95. The summed E-state index contributed by atoms with van der Waals surface area (Å²) in [5, 5.41) is 3.55. The first-order chi connectivity index (χ1) is 12.2. The summed E-state index contributed by atoms with van der Waals surface area (Å²) in [6, 6.07) is 4.09. The van der Waals surface area contributed by atoms with Crippen LogP contribution in [0, 0.1) is 20.8 Å². The van der Waals surface area contributed by atoms with E-state index in [-0.39, 0.29) is 17.4 Å². The van der Waals surface area contributed by atoms with Crippen molar-refractivity contribution in [1.82, 2.24) is 9.97 Å². The van der Waals surface area contributed by atoms with Crippen LogP contribution in [0.15, 0.2) is 18.2 Å². The van der Waals surface area contributed by atoms with Crippen LogP contribution in [-0.4, -0.2) is 22.2 Å². The fourth-order valence-corrected chi connectivity index (χ4v) is 4.08. The number of thiophene rings is 1. The van der Waals surface area contributed by atoms with Crippen LogP contribution in [0.2, 0.25) is 0 Å². The van der Waals surface area contributed by atoms with Gasteiger partial charge in [0.05, 0.1) is 4.88 Å². The second kappa shape index (κ2) is 5.60. The summed E-state index contributed by atoms with van der Waals surface area (Å²) in [5.41, 5.74) is 1.92. The Balaban J connectivity index is 1.65. The van der Waals surface area contributed by atoms with Gasteiger partial charge in [-0.15, -0.1) is 20.1 Å². The molecular weight excluding hydrogens is 364 g/mol. The van der Waals surface area contributed by atoms with Gasteiger partial charge in [-0.3, -0.25) is 4.79 Å². The van der Waals surface area contributed by atoms with Crippen LogP contribution in [0.4, 0.5) is 14.5 Å². The van der Waals surface area contributed by atoms with Gasteiger partial charge in [-0.25, -0.2) is 9.97 Å². The van der Waals surface area contributed by atoms with Crippen molar-refractivity contribution in [2.75, 3.05) is 5.32 Å². The molecule has 1 aromatic carbocycles. The number of amides is 1. The molecule has 0 saturated carbocycles. The number of carbonyl (C=O) groups is 1. The van der Waals surface area contributed by atoms with Crippen molar-refractivity contribution in [1.29, 1.82) is 0 Å². The van der Waals surface area contributed by atoms with Gasteiger partial charge < -0.3 is 14.8 Å². The SMILES string of the molecule is Cc1nc(C)c2c(C)c(C(=O)Nc3ccc4c(c3)OC(F)(F)O4)sc2n1. The number of nitrogens with zero attached hydrogens (tertiary/aromatic N) is 2. The van der Waals surface area contributed by atoms with E-state index < -0.39 is 6.29 Å². The summed E-state index contributed by atoms with van der Waals surface area (Å²) in [6.07, 6.45) is -3.69. The Bertz CT molecular complexity index is 1070. The van der Waals surface area contributed by atoms with Crippen molar-refractivity contribution < 1.29 is 23.0 Å². The highest BCUT2D eigenvalue weighted by molar-refractivity contribution is 7.20. The molecule has 0 bridgehead atoms. The minimum atomic E-state index is -3.69. The number of halogens is 2. The summed E-state index contributed by atoms with van der Waals surface area (Å²) in [4.78, 5) is 22.6. The van der Waals surface area contributed by atoms with Crippen molar-refractivity contribution in [2.45, 2.75) is 27.1 Å². The molecule has 0 fully saturated rings. The molecule has 2 aromatic heterocycles. The topological polar surface area (TPSA) is 73.3 Å². The Morgan fingerprint density at radius 1 is 1.15 bits per heavy atom. The third-order valence-corrected chi connectivity index (χ3v) is 5.13. The van der Waals surface area contributed by atoms with E-state index >= 15 is 0 Å². The molecule has 0 spiro atoms. The first-order valence-corrected chi connectivity index (χ1v) is 8.51. The van der Waals surface area contributed by atoms with Crippen LogP contribution >= 0.6 is 11.3 Å². The van der Waals surface area contributed by atoms with Gasteiger partial charge in [0.25, 0.3) is 5.91 Å². The molecule has 6 nitrogen and oxygen atoms in total. The summed E-state index contributed by atoms with van der Waals surface area (Å²) < 4.78 is 34.9. The lowest BCUT2D eigenvalue weighted by molar-refractivity contribution is -0.286. The number of aromatic nitrogens is 2. The standard InChI is InChI=1S/C17H13F2N3O3S/c1-7-13-8(2)20-9(3)21-16(13)26-14(7)15(23)22-10-4-5-11-12(6-10)25-17(18,19)24-11/h4-6H,1-3H3,(H,22,23). The van der Waals surface area contributed by atoms with Crippen molar-refractivity contribution in [2.24, 2.45) is 0 Å². The number of anilines is 1. The molecule has 3 aromatic rings. The van der Waals surface area contributed by atoms with E-state index in [9.17, 15) is 13.6 Å². The second-order valence-corrected chi connectivity index (χ2v) is 6.87. The largest absolute Gasteiger partial charge is 0.586 e. The van der Waals surface area contributed by atoms with Gasteiger partial charge in [0.15, 0.2) is 11.5 Å². The number of aryl methyl sites for hydroxylation is 3. The second-order valence-electron chi connectivity index (χ2n) is 5.88. The molecule has 1 aliphatic rings. The van der Waals surface area contributed by atoms with E-state index in [0.717, 1.165) is 21.5 Å². The Kier molecular flexibility index (Phi) is 3.58. The van der Waals surface area contributed by atoms with Gasteiger partial charge in [0.1, 0.15) is 10.7 Å². The lowest BCUT2D eigenvalue weighted by Crippen LogP contribution is -2.25. The highest BCUT2D eigenvalue weighted by Crippen LogP contribution is 2.42. The smallest absolute Gasteiger partial charge is 0.395 e. The Hall–Kier alpha value is -2.81. The molecule has 134 valence electrons. The number of fused-ring (bicyclic) bond motifs is 2. The number of nitrogens with one attached hydrogen (secondary N) is 1. The number of ether oxygens (including phenoxy) is 2. The van der Waals surface area contributed by atoms with Crippen molar-refractivity contribution >= 4 is 33.1 Å². The van der Waals surface area contributed by atoms with Crippen LogP contribution < -0.4 is 14.8 Å². The van der Waals surface area contributed by atoms with Crippen LogP contribution in [0.5, 0.6) is 11.5 Å². The third kappa shape index (κ3) is 2.74. The Morgan fingerprint density at radius 3 is 2.65 bits per heavy atom. The molecule has 1 amide bonds. The fraction of sp³-hybridized carbons (Fsp3) is 0.235. The molecule has 0 radical (unpaired) electrons. The predicted molar refractivity (Wildman–Crippen MR) is 92.2 cm³/mol. The number of hydrogen-bond donors (Lipinski definition) is 1. The monoisotopic (exact) mass is 377 g/mol. The summed E-state index contributed by atoms with van der Waals surface area (Å²) in [6.45, 7) is 5.50. The molecule has 0 aliphatic carbocycles. The van der Waals surface area contributed by atoms with Crippen LogP contribution in [0.25, 0.3) is 10.2 Å². The number of hydrogen-bond acceptors (Lipinski definition) is 6. The molecule has 1 aliphatic heterocycles. The maximum atomic E-state index is 13.1. The van der Waals surface area contributed by atoms with Gasteiger partial charge >= 0.3 is 6.29 Å². The molecule has 4 rings (SSSR count). The van der Waals surface area contributed by atoms with Gasteiger partial charge in [-0.05, 0) is 38.5 Å². The predicted octanol–water partition coefficient (Wildman–Crippen LogP) is 4.19. The maximum absolute atomic E-state index is 13.1. The first kappa shape index (κ1) is 16.6. The van der Waals surface area contributed by atoms with Crippen molar-refractivity contribution in [3.05, 3.63) is 40.2 Å². The number of rotatable bonds is 2. The van der Waals surface area contributed by atoms with Gasteiger partial charge in [0, 0.05) is 22.8 Å². The molecule has 3 heterocycles. The van der Waals surface area contributed by atoms with Crippen LogP contribution in [0.1, 0.15) is 26.8 Å². The summed E-state index contributed by atoms with van der Waals surface area (Å²) >= 11 is 1.27. The van der Waals surface area contributed by atoms with Crippen LogP contribution in [-0.2, 0) is 0 Å². The lowest BCUT2D eigenvalue weighted by Gasteiger charge is -2.05. The van der Waals surface area contributed by atoms with E-state index in [1.165, 1.54) is 29.5 Å². The van der Waals surface area contributed by atoms with Gasteiger partial charge in [-0.1, -0.05) is 0 Å². The molecule has 0 unspecified atom stereocenters. The molecular formula is C17H13F2N3O3S. The minimum absolute atomic E-state index is 0.0765. The average molecular weight is 377 g/mol. The van der Waals surface area contributed by atoms with Crippen molar-refractivity contribution in [3.63, 3.8) is 0 Å². The fourth-order valence-electron chi connectivity index (χ4n) is 2.90. The first-order valence-electron chi connectivity index (χ1n) is 7.69. The summed E-state index contributed by atoms with van der Waals surface area (Å²) in [5.74, 6) is 0.0821. The van der Waals surface area contributed by atoms with E-state index in [2.05, 4.69) is 24.8 Å². The normalized spacial score (nSPS) is 14.7. The zero-order chi connectivity index (χ0) is 18.6. The lowest BCUT2D eigenvalue weighted by atomic mass is 10.1. The summed E-state index contributed by atoms with van der Waals surface area (Å²) in [7, 11) is 0. The number of benzene rings is 1. The highest BCUT2D eigenvalue weighted by atomic mass is 32.1. The molecule has 0 saturated heterocycles.